The maximum Gasteiger partial charge on any atom is 0.261 e. The summed E-state index contributed by atoms with van der Waals surface area (Å²) < 4.78 is 0. The minimum atomic E-state index is -0.432. The molecule has 1 fully saturated rings. The van der Waals surface area contributed by atoms with E-state index < -0.39 is 6.04 Å². The highest BCUT2D eigenvalue weighted by Gasteiger charge is 2.40. The van der Waals surface area contributed by atoms with Gasteiger partial charge in [-0.05, 0) is 54.1 Å². The molecule has 1 atom stereocenters. The van der Waals surface area contributed by atoms with Crippen molar-refractivity contribution in [3.8, 4) is 0 Å². The van der Waals surface area contributed by atoms with Crippen LogP contribution in [0.1, 0.15) is 32.0 Å². The number of H-pyrrole nitrogens is 1. The molecule has 0 unspecified atom stereocenters. The van der Waals surface area contributed by atoms with Crippen molar-refractivity contribution >= 4 is 56.9 Å². The number of hydrogen-bond donors (Lipinski definition) is 2. The fraction of sp³-hybridized carbons (Fsp3) is 0.194. The highest BCUT2D eigenvalue weighted by Crippen LogP contribution is 2.27. The number of amides is 3. The molecule has 10 nitrogen and oxygen atoms in total. The number of aromatic nitrogens is 3. The van der Waals surface area contributed by atoms with Crippen LogP contribution in [0, 0.1) is 0 Å². The lowest BCUT2D eigenvalue weighted by molar-refractivity contribution is -0.141. The smallest absolute Gasteiger partial charge is 0.261 e. The van der Waals surface area contributed by atoms with Crippen molar-refractivity contribution in [2.45, 2.75) is 19.1 Å². The number of piperazine rings is 1. The number of anilines is 1. The number of carbonyl (C=O) groups excluding carboxylic acids is 3. The fourth-order valence-corrected chi connectivity index (χ4v) is 6.15. The van der Waals surface area contributed by atoms with Crippen LogP contribution in [0.4, 0.5) is 5.82 Å². The fourth-order valence-electron chi connectivity index (χ4n) is 5.96. The maximum absolute atomic E-state index is 13.7. The highest BCUT2D eigenvalue weighted by molar-refractivity contribution is 6.31. The molecule has 2 aliphatic heterocycles. The second kappa shape index (κ2) is 10.2. The first-order valence-electron chi connectivity index (χ1n) is 13.6. The van der Waals surface area contributed by atoms with Crippen molar-refractivity contribution in [1.29, 1.82) is 0 Å². The van der Waals surface area contributed by atoms with Crippen molar-refractivity contribution < 1.29 is 14.4 Å². The number of nitrogens with one attached hydrogen (secondary N) is 1. The molecular formula is C31H26ClN7O3. The van der Waals surface area contributed by atoms with E-state index in [4.69, 9.17) is 17.3 Å². The number of benzene rings is 3. The van der Waals surface area contributed by atoms with E-state index in [1.54, 1.807) is 29.2 Å². The lowest BCUT2D eigenvalue weighted by atomic mass is 10.1. The summed E-state index contributed by atoms with van der Waals surface area (Å²) in [5.41, 5.74) is 10.2. The van der Waals surface area contributed by atoms with Gasteiger partial charge in [0.15, 0.2) is 0 Å². The van der Waals surface area contributed by atoms with Crippen LogP contribution in [0.25, 0.3) is 21.8 Å². The summed E-state index contributed by atoms with van der Waals surface area (Å²) >= 11 is 6.17. The van der Waals surface area contributed by atoms with E-state index >= 15 is 0 Å². The normalized spacial score (nSPS) is 17.5. The van der Waals surface area contributed by atoms with E-state index in [2.05, 4.69) is 15.0 Å². The number of nitrogen functional groups attached to an aromatic ring is 1. The van der Waals surface area contributed by atoms with E-state index in [0.717, 1.165) is 27.5 Å². The first-order chi connectivity index (χ1) is 20.3. The van der Waals surface area contributed by atoms with Gasteiger partial charge >= 0.3 is 0 Å². The molecule has 2 aliphatic rings. The standard InChI is InChI=1S/C31H26ClN7O3/c32-20-6-8-26-19(10-20)11-21(36-26)13-37-14-22(15-39-30(41)23-3-1-2-4-24(23)31(39)42)38(28(40)16-37)12-18-5-7-25-27(9-18)34-17-35-29(25)33/h1-11,17,22,36H,12-16H2,(H2,33,34,35)/t22-/m1/s1. The predicted octanol–water partition coefficient (Wildman–Crippen LogP) is 3.86. The highest BCUT2D eigenvalue weighted by atomic mass is 35.5. The molecule has 3 amide bonds. The average Bonchev–Trinajstić information content (AvgIpc) is 3.48. The number of nitrogens with zero attached hydrogens (tertiary/aromatic N) is 5. The van der Waals surface area contributed by atoms with Crippen LogP contribution >= 0.6 is 11.6 Å². The third-order valence-corrected chi connectivity index (χ3v) is 8.21. The topological polar surface area (TPSA) is 129 Å². The van der Waals surface area contributed by atoms with Crippen molar-refractivity contribution in [2.75, 3.05) is 25.4 Å². The molecule has 4 heterocycles. The monoisotopic (exact) mass is 579 g/mol. The van der Waals surface area contributed by atoms with E-state index in [0.29, 0.717) is 47.1 Å². The van der Waals surface area contributed by atoms with Gasteiger partial charge in [-0.15, -0.1) is 0 Å². The molecule has 11 heteroatoms. The van der Waals surface area contributed by atoms with Crippen LogP contribution in [0.3, 0.4) is 0 Å². The van der Waals surface area contributed by atoms with Gasteiger partial charge in [-0.3, -0.25) is 24.2 Å². The van der Waals surface area contributed by atoms with E-state index in [9.17, 15) is 14.4 Å². The van der Waals surface area contributed by atoms with E-state index in [-0.39, 0.29) is 30.8 Å². The lowest BCUT2D eigenvalue weighted by Crippen LogP contribution is -2.59. The van der Waals surface area contributed by atoms with Gasteiger partial charge in [-0.25, -0.2) is 9.97 Å². The van der Waals surface area contributed by atoms with Gasteiger partial charge < -0.3 is 15.6 Å². The quantitative estimate of drug-likeness (QED) is 0.292. The molecule has 3 N–H and O–H groups in total. The SMILES string of the molecule is Nc1ncnc2cc(CN3C(=O)CN(Cc4cc5cc(Cl)ccc5[nH]4)C[C@@H]3CN3C(=O)c4ccccc4C3=O)ccc12. The Balaban J connectivity index is 1.18. The van der Waals surface area contributed by atoms with Crippen LogP contribution < -0.4 is 5.73 Å². The Labute approximate surface area is 245 Å². The summed E-state index contributed by atoms with van der Waals surface area (Å²) in [6.07, 6.45) is 1.41. The van der Waals surface area contributed by atoms with E-state index in [1.165, 1.54) is 11.2 Å². The first-order valence-corrected chi connectivity index (χ1v) is 13.9. The summed E-state index contributed by atoms with van der Waals surface area (Å²) in [7, 11) is 0. The summed E-state index contributed by atoms with van der Waals surface area (Å²) in [5.74, 6) is -0.390. The van der Waals surface area contributed by atoms with Crippen molar-refractivity contribution in [1.82, 2.24) is 29.7 Å². The van der Waals surface area contributed by atoms with Crippen molar-refractivity contribution in [3.63, 3.8) is 0 Å². The number of halogens is 1. The van der Waals surface area contributed by atoms with Crippen molar-refractivity contribution in [3.05, 3.63) is 100 Å². The molecule has 3 aromatic carbocycles. The molecule has 42 heavy (non-hydrogen) atoms. The molecule has 5 aromatic rings. The van der Waals surface area contributed by atoms with Gasteiger partial charge in [0.2, 0.25) is 5.91 Å². The largest absolute Gasteiger partial charge is 0.383 e. The Kier molecular flexibility index (Phi) is 6.37. The molecule has 1 saturated heterocycles. The zero-order valence-corrected chi connectivity index (χ0v) is 23.2. The number of imide groups is 1. The second-order valence-corrected chi connectivity index (χ2v) is 11.2. The van der Waals surface area contributed by atoms with Gasteiger partial charge in [-0.1, -0.05) is 29.8 Å². The minimum absolute atomic E-state index is 0.0829. The predicted molar refractivity (Wildman–Crippen MR) is 159 cm³/mol. The molecule has 0 saturated carbocycles. The van der Waals surface area contributed by atoms with E-state index in [1.807, 2.05) is 47.4 Å². The molecule has 2 aromatic heterocycles. The van der Waals surface area contributed by atoms with Crippen LogP contribution in [-0.4, -0.2) is 73.0 Å². The maximum atomic E-state index is 13.7. The van der Waals surface area contributed by atoms with Gasteiger partial charge in [-0.2, -0.15) is 0 Å². The van der Waals surface area contributed by atoms with Gasteiger partial charge in [0.25, 0.3) is 11.8 Å². The van der Waals surface area contributed by atoms with Crippen LogP contribution in [-0.2, 0) is 17.9 Å². The molecule has 0 aliphatic carbocycles. The lowest BCUT2D eigenvalue weighted by Gasteiger charge is -2.42. The molecule has 0 spiro atoms. The van der Waals surface area contributed by atoms with Crippen LogP contribution in [0.5, 0.6) is 0 Å². The third-order valence-electron chi connectivity index (χ3n) is 7.98. The molecular weight excluding hydrogens is 554 g/mol. The molecule has 0 bridgehead atoms. The Morgan fingerprint density at radius 2 is 1.71 bits per heavy atom. The summed E-state index contributed by atoms with van der Waals surface area (Å²) in [5, 5.41) is 2.38. The summed E-state index contributed by atoms with van der Waals surface area (Å²) in [4.78, 5) is 57.1. The number of aromatic amines is 1. The van der Waals surface area contributed by atoms with Gasteiger partial charge in [0, 0.05) is 46.6 Å². The zero-order valence-electron chi connectivity index (χ0n) is 22.5. The van der Waals surface area contributed by atoms with Crippen molar-refractivity contribution in [2.24, 2.45) is 0 Å². The average molecular weight is 580 g/mol. The summed E-state index contributed by atoms with van der Waals surface area (Å²) in [6, 6.07) is 19.7. The van der Waals surface area contributed by atoms with Crippen LogP contribution in [0.15, 0.2) is 73.1 Å². The van der Waals surface area contributed by atoms with Crippen LogP contribution in [0.2, 0.25) is 5.02 Å². The molecule has 7 rings (SSSR count). The number of carbonyl (C=O) groups is 3. The second-order valence-electron chi connectivity index (χ2n) is 10.7. The Morgan fingerprint density at radius 1 is 0.929 bits per heavy atom. The Bertz CT molecular complexity index is 1870. The number of fused-ring (bicyclic) bond motifs is 3. The number of nitrogens with two attached hydrogens (primary N) is 1. The summed E-state index contributed by atoms with van der Waals surface area (Å²) in [6.45, 7) is 1.54. The third kappa shape index (κ3) is 4.64. The van der Waals surface area contributed by atoms with Gasteiger partial charge in [0.1, 0.15) is 12.1 Å². The first kappa shape index (κ1) is 26.1. The van der Waals surface area contributed by atoms with Gasteiger partial charge in [0.05, 0.1) is 35.8 Å². The Morgan fingerprint density at radius 3 is 2.50 bits per heavy atom. The molecule has 0 radical (unpaired) electrons. The zero-order chi connectivity index (χ0) is 29.0. The molecule has 210 valence electrons. The number of hydrogen-bond acceptors (Lipinski definition) is 7. The Hall–Kier alpha value is -4.80. The minimum Gasteiger partial charge on any atom is -0.383 e. The number of rotatable bonds is 6.